The van der Waals surface area contributed by atoms with E-state index in [0.29, 0.717) is 67.0 Å². The number of anilines is 3. The Morgan fingerprint density at radius 3 is 2.48 bits per heavy atom. The Morgan fingerprint density at radius 1 is 1.20 bits per heavy atom. The molecule has 2 aliphatic rings. The Bertz CT molecular complexity index is 1570. The van der Waals surface area contributed by atoms with Crippen LogP contribution in [0, 0.1) is 17.2 Å². The number of primary amides is 1. The van der Waals surface area contributed by atoms with Gasteiger partial charge in [0, 0.05) is 18.5 Å². The van der Waals surface area contributed by atoms with Gasteiger partial charge in [-0.25, -0.2) is 22.7 Å². The van der Waals surface area contributed by atoms with Crippen molar-refractivity contribution in [2.24, 2.45) is 11.7 Å². The summed E-state index contributed by atoms with van der Waals surface area (Å²) in [7, 11) is -3.69. The van der Waals surface area contributed by atoms with Gasteiger partial charge in [0.15, 0.2) is 5.65 Å². The average Bonchev–Trinajstić information content (AvgIpc) is 3.28. The monoisotopic (exact) mass is 605 g/mol. The summed E-state index contributed by atoms with van der Waals surface area (Å²) in [5.74, 6) is -0.0908. The summed E-state index contributed by atoms with van der Waals surface area (Å²) in [4.78, 5) is 25.7. The molecule has 1 aromatic carbocycles. The lowest BCUT2D eigenvalue weighted by molar-refractivity contribution is -0.122. The number of nitrogens with one attached hydrogen (secondary N) is 2. The maximum atomic E-state index is 12.9. The molecule has 1 amide bonds. The molecule has 2 aromatic heterocycles. The zero-order valence-corrected chi connectivity index (χ0v) is 24.1. The summed E-state index contributed by atoms with van der Waals surface area (Å²) in [5, 5.41) is 16.2. The molecular formula is C25H29Cl2N9O3S. The standard InChI is InChI=1S/C25H29Cl2N9O3S/c1-40(38,39)36(17-3-2-8-30-12-17)24-31-13-20-23(34-24)35(16-6-4-15(5-7-16)22(29)37)25(32-20)33-21-18(26)9-14(11-28)10-19(21)27/h9-10,13,15-17,30H,2-8,12H2,1H3,(H2,29,37)(H,32,33)/t15?,16?,17-/m1/s1. The zero-order valence-electron chi connectivity index (χ0n) is 21.8. The van der Waals surface area contributed by atoms with Gasteiger partial charge in [-0.3, -0.25) is 9.36 Å². The second-order valence-corrected chi connectivity index (χ2v) is 12.9. The van der Waals surface area contributed by atoms with E-state index in [0.717, 1.165) is 19.2 Å². The molecule has 40 heavy (non-hydrogen) atoms. The molecular weight excluding hydrogens is 577 g/mol. The van der Waals surface area contributed by atoms with E-state index in [1.165, 1.54) is 22.6 Å². The second-order valence-electron chi connectivity index (χ2n) is 10.2. The van der Waals surface area contributed by atoms with E-state index >= 15 is 0 Å². The topological polar surface area (TPSA) is 172 Å². The average molecular weight is 607 g/mol. The van der Waals surface area contributed by atoms with Crippen LogP contribution in [0.5, 0.6) is 0 Å². The van der Waals surface area contributed by atoms with Gasteiger partial charge in [-0.2, -0.15) is 10.2 Å². The maximum Gasteiger partial charge on any atom is 0.241 e. The number of hydrogen-bond acceptors (Lipinski definition) is 9. The molecule has 0 radical (unpaired) electrons. The first-order valence-electron chi connectivity index (χ1n) is 13.0. The molecule has 212 valence electrons. The summed E-state index contributed by atoms with van der Waals surface area (Å²) in [6.07, 6.45) is 6.62. The van der Waals surface area contributed by atoms with Crippen molar-refractivity contribution < 1.29 is 13.2 Å². The van der Waals surface area contributed by atoms with Crippen molar-refractivity contribution in [2.45, 2.75) is 50.6 Å². The van der Waals surface area contributed by atoms with Crippen LogP contribution in [0.3, 0.4) is 0 Å². The number of benzene rings is 1. The van der Waals surface area contributed by atoms with E-state index in [1.54, 1.807) is 0 Å². The van der Waals surface area contributed by atoms with Gasteiger partial charge < -0.3 is 16.4 Å². The minimum absolute atomic E-state index is 0.0664. The molecule has 0 bridgehead atoms. The van der Waals surface area contributed by atoms with Gasteiger partial charge in [-0.15, -0.1) is 0 Å². The number of imidazole rings is 1. The second kappa shape index (κ2) is 11.4. The number of nitrogens with two attached hydrogens (primary N) is 1. The van der Waals surface area contributed by atoms with E-state index in [1.807, 2.05) is 10.6 Å². The molecule has 1 atom stereocenters. The van der Waals surface area contributed by atoms with Crippen molar-refractivity contribution in [3.63, 3.8) is 0 Å². The fraction of sp³-hybridized carbons (Fsp3) is 0.480. The highest BCUT2D eigenvalue weighted by atomic mass is 35.5. The molecule has 4 N–H and O–H groups in total. The maximum absolute atomic E-state index is 12.9. The molecule has 15 heteroatoms. The number of nitriles is 1. The number of carbonyl (C=O) groups is 1. The first-order chi connectivity index (χ1) is 19.1. The van der Waals surface area contributed by atoms with Gasteiger partial charge in [0.05, 0.1) is 45.9 Å². The number of amides is 1. The number of nitrogens with zero attached hydrogens (tertiary/aromatic N) is 6. The summed E-state index contributed by atoms with van der Waals surface area (Å²) in [6.45, 7) is 1.32. The Kier molecular flexibility index (Phi) is 8.05. The molecule has 2 fully saturated rings. The van der Waals surface area contributed by atoms with Crippen LogP contribution in [0.2, 0.25) is 10.0 Å². The minimum atomic E-state index is -3.69. The van der Waals surface area contributed by atoms with Crippen LogP contribution in [0.1, 0.15) is 50.1 Å². The molecule has 3 heterocycles. The molecule has 5 rings (SSSR count). The third-order valence-electron chi connectivity index (χ3n) is 7.45. The number of aromatic nitrogens is 4. The van der Waals surface area contributed by atoms with Crippen LogP contribution in [-0.2, 0) is 14.8 Å². The van der Waals surface area contributed by atoms with Crippen LogP contribution in [0.15, 0.2) is 18.3 Å². The van der Waals surface area contributed by atoms with Gasteiger partial charge in [0.25, 0.3) is 0 Å². The van der Waals surface area contributed by atoms with Crippen LogP contribution in [0.4, 0.5) is 17.6 Å². The molecule has 0 unspecified atom stereocenters. The lowest BCUT2D eigenvalue weighted by Gasteiger charge is -2.33. The predicted octanol–water partition coefficient (Wildman–Crippen LogP) is 3.48. The molecule has 1 aliphatic carbocycles. The number of carbonyl (C=O) groups excluding carboxylic acids is 1. The van der Waals surface area contributed by atoms with Crippen LogP contribution in [0.25, 0.3) is 11.2 Å². The van der Waals surface area contributed by atoms with E-state index in [-0.39, 0.29) is 39.9 Å². The van der Waals surface area contributed by atoms with Crippen molar-refractivity contribution in [1.29, 1.82) is 5.26 Å². The Hall–Kier alpha value is -3.18. The summed E-state index contributed by atoms with van der Waals surface area (Å²) < 4.78 is 29.0. The highest BCUT2D eigenvalue weighted by Crippen LogP contribution is 2.39. The third-order valence-corrected chi connectivity index (χ3v) is 9.22. The van der Waals surface area contributed by atoms with E-state index < -0.39 is 10.0 Å². The minimum Gasteiger partial charge on any atom is -0.369 e. The quantitative estimate of drug-likeness (QED) is 0.364. The Labute approximate surface area is 241 Å². The Morgan fingerprint density at radius 2 is 1.90 bits per heavy atom. The normalized spacial score (nSPS) is 21.6. The summed E-state index contributed by atoms with van der Waals surface area (Å²) in [5.41, 5.74) is 7.12. The molecule has 1 saturated carbocycles. The summed E-state index contributed by atoms with van der Waals surface area (Å²) in [6, 6.07) is 4.58. The van der Waals surface area contributed by atoms with Crippen LogP contribution in [-0.4, -0.2) is 59.2 Å². The largest absolute Gasteiger partial charge is 0.369 e. The number of hydrogen-bond donors (Lipinski definition) is 3. The number of sulfonamides is 1. The fourth-order valence-corrected chi connectivity index (χ4v) is 7.21. The van der Waals surface area contributed by atoms with Crippen molar-refractivity contribution >= 4 is 67.9 Å². The van der Waals surface area contributed by atoms with Gasteiger partial charge >= 0.3 is 0 Å². The molecule has 1 saturated heterocycles. The van der Waals surface area contributed by atoms with Crippen molar-refractivity contribution in [3.05, 3.63) is 33.9 Å². The van der Waals surface area contributed by atoms with Gasteiger partial charge in [0.2, 0.25) is 27.8 Å². The number of halogens is 2. The van der Waals surface area contributed by atoms with Crippen molar-refractivity contribution in [2.75, 3.05) is 29.0 Å². The van der Waals surface area contributed by atoms with E-state index in [9.17, 15) is 18.5 Å². The number of piperidine rings is 1. The van der Waals surface area contributed by atoms with Crippen molar-refractivity contribution in [3.8, 4) is 6.07 Å². The molecule has 1 aliphatic heterocycles. The lowest BCUT2D eigenvalue weighted by atomic mass is 9.85. The lowest BCUT2D eigenvalue weighted by Crippen LogP contribution is -2.49. The predicted molar refractivity (Wildman–Crippen MR) is 153 cm³/mol. The highest BCUT2D eigenvalue weighted by Gasteiger charge is 2.33. The molecule has 0 spiro atoms. The smallest absolute Gasteiger partial charge is 0.241 e. The number of fused-ring (bicyclic) bond motifs is 1. The van der Waals surface area contributed by atoms with Gasteiger partial charge in [0.1, 0.15) is 5.52 Å². The summed E-state index contributed by atoms with van der Waals surface area (Å²) >= 11 is 12.9. The van der Waals surface area contributed by atoms with E-state index in [4.69, 9.17) is 38.9 Å². The molecule has 12 nitrogen and oxygen atoms in total. The van der Waals surface area contributed by atoms with Crippen molar-refractivity contribution in [1.82, 2.24) is 24.8 Å². The van der Waals surface area contributed by atoms with Crippen LogP contribution < -0.4 is 20.7 Å². The first kappa shape index (κ1) is 28.4. The zero-order chi connectivity index (χ0) is 28.6. The number of rotatable bonds is 7. The highest BCUT2D eigenvalue weighted by molar-refractivity contribution is 7.92. The SMILES string of the molecule is CS(=O)(=O)N(c1ncc2nc(Nc3c(Cl)cc(C#N)cc3Cl)n(C3CCC(C(N)=O)CC3)c2n1)[C@@H]1CCCNC1. The molecule has 3 aromatic rings. The first-order valence-corrected chi connectivity index (χ1v) is 15.6. The Balaban J connectivity index is 1.62. The fourth-order valence-electron chi connectivity index (χ4n) is 5.53. The third kappa shape index (κ3) is 5.67. The van der Waals surface area contributed by atoms with Gasteiger partial charge in [-0.05, 0) is 57.2 Å². The van der Waals surface area contributed by atoms with Crippen LogP contribution >= 0.6 is 23.2 Å². The van der Waals surface area contributed by atoms with E-state index in [2.05, 4.69) is 15.6 Å². The van der Waals surface area contributed by atoms with Gasteiger partial charge in [-0.1, -0.05) is 23.2 Å².